The fraction of sp³-hybridized carbons (Fsp3) is 0.303. The van der Waals surface area contributed by atoms with Gasteiger partial charge in [0.15, 0.2) is 0 Å². The molecule has 0 heterocycles. The summed E-state index contributed by atoms with van der Waals surface area (Å²) in [6.07, 6.45) is 4.20. The van der Waals surface area contributed by atoms with Crippen LogP contribution >= 0.6 is 0 Å². The third-order valence-electron chi connectivity index (χ3n) is 4.86. The maximum Gasteiger partial charge on any atom is 0.331 e. The Balaban J connectivity index is 0.00000145. The number of hydrogen-bond acceptors (Lipinski definition) is 2. The Morgan fingerprint density at radius 1 is 0.714 bits per heavy atom. The highest BCUT2D eigenvalue weighted by molar-refractivity contribution is 5.98. The summed E-state index contributed by atoms with van der Waals surface area (Å²) in [5, 5.41) is 0. The van der Waals surface area contributed by atoms with Crippen LogP contribution in [0.15, 0.2) is 91.0 Å². The molecule has 3 aromatic carbocycles. The van der Waals surface area contributed by atoms with E-state index in [2.05, 4.69) is 67.6 Å². The van der Waals surface area contributed by atoms with E-state index in [1.54, 1.807) is 6.08 Å². The normalized spacial score (nSPS) is 11.4. The highest BCUT2D eigenvalue weighted by Crippen LogP contribution is 2.34. The largest absolute Gasteiger partial charge is 0.457 e. The summed E-state index contributed by atoms with van der Waals surface area (Å²) in [5.41, 5.74) is 6.59. The summed E-state index contributed by atoms with van der Waals surface area (Å²) >= 11 is 0. The van der Waals surface area contributed by atoms with E-state index in [9.17, 15) is 4.79 Å². The summed E-state index contributed by atoms with van der Waals surface area (Å²) < 4.78 is 5.34. The zero-order valence-corrected chi connectivity index (χ0v) is 22.8. The molecule has 2 nitrogen and oxygen atoms in total. The van der Waals surface area contributed by atoms with Crippen LogP contribution in [0.3, 0.4) is 0 Å². The molecule has 0 radical (unpaired) electrons. The summed E-state index contributed by atoms with van der Waals surface area (Å²) in [7, 11) is 0. The van der Waals surface area contributed by atoms with Gasteiger partial charge in [-0.1, -0.05) is 120 Å². The maximum atomic E-state index is 12.0. The van der Waals surface area contributed by atoms with Crippen LogP contribution in [-0.4, -0.2) is 11.6 Å². The lowest BCUT2D eigenvalue weighted by Crippen LogP contribution is -2.22. The summed E-state index contributed by atoms with van der Waals surface area (Å²) in [6.45, 7) is 15.8. The van der Waals surface area contributed by atoms with Gasteiger partial charge in [-0.15, -0.1) is 0 Å². The quantitative estimate of drug-likeness (QED) is 0.204. The van der Waals surface area contributed by atoms with E-state index in [1.165, 1.54) is 28.3 Å². The highest BCUT2D eigenvalue weighted by Gasteiger charge is 2.14. The van der Waals surface area contributed by atoms with Crippen LogP contribution in [0.25, 0.3) is 17.2 Å². The van der Waals surface area contributed by atoms with E-state index in [0.717, 1.165) is 17.5 Å². The Labute approximate surface area is 213 Å². The van der Waals surface area contributed by atoms with Crippen molar-refractivity contribution < 1.29 is 9.53 Å². The van der Waals surface area contributed by atoms with Gasteiger partial charge < -0.3 is 4.74 Å². The Hall–Kier alpha value is -3.39. The average molecular weight is 471 g/mol. The van der Waals surface area contributed by atoms with E-state index >= 15 is 0 Å². The Morgan fingerprint density at radius 2 is 1.17 bits per heavy atom. The van der Waals surface area contributed by atoms with Crippen LogP contribution in [-0.2, 0) is 9.53 Å². The number of ether oxygens (including phenoxy) is 1. The number of benzene rings is 3. The molecule has 0 saturated heterocycles. The maximum absolute atomic E-state index is 12.0. The van der Waals surface area contributed by atoms with Crippen molar-refractivity contribution in [2.24, 2.45) is 0 Å². The van der Waals surface area contributed by atoms with Crippen LogP contribution in [0.5, 0.6) is 0 Å². The summed E-state index contributed by atoms with van der Waals surface area (Å²) in [4.78, 5) is 12.0. The van der Waals surface area contributed by atoms with Gasteiger partial charge in [0.2, 0.25) is 0 Å². The minimum Gasteiger partial charge on any atom is -0.457 e. The minimum absolute atomic E-state index is 0.334. The first-order valence-electron chi connectivity index (χ1n) is 12.7. The molecule has 3 rings (SSSR count). The van der Waals surface area contributed by atoms with Gasteiger partial charge in [0.25, 0.3) is 0 Å². The van der Waals surface area contributed by atoms with Crippen LogP contribution in [0, 0.1) is 0 Å². The highest BCUT2D eigenvalue weighted by atomic mass is 16.6. The van der Waals surface area contributed by atoms with Crippen LogP contribution in [0.1, 0.15) is 84.1 Å². The van der Waals surface area contributed by atoms with Crippen molar-refractivity contribution in [3.05, 3.63) is 113 Å². The van der Waals surface area contributed by atoms with Gasteiger partial charge in [0.1, 0.15) is 5.60 Å². The number of hydrogen-bond donors (Lipinski definition) is 0. The second kappa shape index (κ2) is 15.5. The standard InChI is InChI=1S/C29H30O2.2C2H6/c1-5-26(23-12-8-6-9-13-23)28(24-14-10-7-11-15-24)25-19-16-22(17-20-25)18-21-27(30)31-29(2,3)4;2*1-2/h6-21H,5H2,1-4H3;2*1-2H3/b21-18+,28-26-;;. The Bertz CT molecular complexity index is 1050. The monoisotopic (exact) mass is 470 g/mol. The molecule has 0 bridgehead atoms. The van der Waals surface area contributed by atoms with E-state index in [0.29, 0.717) is 0 Å². The van der Waals surface area contributed by atoms with Gasteiger partial charge in [-0.3, -0.25) is 0 Å². The van der Waals surface area contributed by atoms with Gasteiger partial charge in [0.05, 0.1) is 0 Å². The van der Waals surface area contributed by atoms with E-state index in [1.807, 2.05) is 72.7 Å². The van der Waals surface area contributed by atoms with Crippen molar-refractivity contribution in [2.45, 2.75) is 67.4 Å². The minimum atomic E-state index is -0.491. The predicted octanol–water partition coefficient (Wildman–Crippen LogP) is 9.46. The molecule has 0 atom stereocenters. The van der Waals surface area contributed by atoms with Crippen molar-refractivity contribution in [3.8, 4) is 0 Å². The molecule has 0 spiro atoms. The first-order chi connectivity index (χ1) is 16.9. The Morgan fingerprint density at radius 3 is 1.63 bits per heavy atom. The number of carbonyl (C=O) groups excluding carboxylic acids is 1. The van der Waals surface area contributed by atoms with Crippen molar-refractivity contribution in [2.75, 3.05) is 0 Å². The van der Waals surface area contributed by atoms with Gasteiger partial charge in [-0.25, -0.2) is 4.79 Å². The van der Waals surface area contributed by atoms with Gasteiger partial charge >= 0.3 is 5.97 Å². The van der Waals surface area contributed by atoms with Gasteiger partial charge in [-0.05, 0) is 66.7 Å². The molecule has 0 aliphatic carbocycles. The Kier molecular flexibility index (Phi) is 13.1. The number of rotatable bonds is 6. The molecule has 0 aliphatic rings. The molecule has 3 aromatic rings. The lowest BCUT2D eigenvalue weighted by Gasteiger charge is -2.18. The zero-order valence-electron chi connectivity index (χ0n) is 22.8. The molecule has 0 N–H and O–H groups in total. The van der Waals surface area contributed by atoms with Crippen LogP contribution < -0.4 is 0 Å². The van der Waals surface area contributed by atoms with Crippen molar-refractivity contribution in [1.82, 2.24) is 0 Å². The third-order valence-corrected chi connectivity index (χ3v) is 4.86. The van der Waals surface area contributed by atoms with Crippen molar-refractivity contribution >= 4 is 23.2 Å². The molecule has 35 heavy (non-hydrogen) atoms. The zero-order chi connectivity index (χ0) is 26.3. The predicted molar refractivity (Wildman–Crippen MR) is 153 cm³/mol. The molecule has 186 valence electrons. The fourth-order valence-corrected chi connectivity index (χ4v) is 3.55. The molecule has 0 amide bonds. The molecule has 0 aliphatic heterocycles. The molecule has 0 saturated carbocycles. The molecule has 0 unspecified atom stereocenters. The smallest absolute Gasteiger partial charge is 0.331 e. The molecule has 0 aromatic heterocycles. The molecular weight excluding hydrogens is 428 g/mol. The second-order valence-corrected chi connectivity index (χ2v) is 8.43. The fourth-order valence-electron chi connectivity index (χ4n) is 3.55. The van der Waals surface area contributed by atoms with Crippen LogP contribution in [0.4, 0.5) is 0 Å². The van der Waals surface area contributed by atoms with E-state index < -0.39 is 5.60 Å². The van der Waals surface area contributed by atoms with Crippen molar-refractivity contribution in [1.29, 1.82) is 0 Å². The molecule has 2 heteroatoms. The van der Waals surface area contributed by atoms with Gasteiger partial charge in [-0.2, -0.15) is 0 Å². The van der Waals surface area contributed by atoms with Gasteiger partial charge in [0, 0.05) is 6.08 Å². The first kappa shape index (κ1) is 29.6. The second-order valence-electron chi connectivity index (χ2n) is 8.43. The van der Waals surface area contributed by atoms with E-state index in [4.69, 9.17) is 4.74 Å². The number of carbonyl (C=O) groups is 1. The lowest BCUT2D eigenvalue weighted by molar-refractivity contribution is -0.148. The van der Waals surface area contributed by atoms with Crippen LogP contribution in [0.2, 0.25) is 0 Å². The SMILES string of the molecule is CC.CC.CC/C(=C(\c1ccccc1)c1ccc(/C=C/C(=O)OC(C)(C)C)cc1)c1ccccc1. The lowest BCUT2D eigenvalue weighted by atomic mass is 9.88. The van der Waals surface area contributed by atoms with E-state index in [-0.39, 0.29) is 5.97 Å². The molecular formula is C33H42O2. The number of esters is 1. The average Bonchev–Trinajstić information content (AvgIpc) is 2.89. The first-order valence-corrected chi connectivity index (χ1v) is 12.7. The number of allylic oxidation sites excluding steroid dienone is 1. The van der Waals surface area contributed by atoms with Crippen molar-refractivity contribution in [3.63, 3.8) is 0 Å². The summed E-state index contributed by atoms with van der Waals surface area (Å²) in [5.74, 6) is -0.334. The molecule has 0 fully saturated rings. The topological polar surface area (TPSA) is 26.3 Å². The summed E-state index contributed by atoms with van der Waals surface area (Å²) in [6, 6.07) is 29.4. The third kappa shape index (κ3) is 9.78.